The van der Waals surface area contributed by atoms with E-state index in [1.807, 2.05) is 29.9 Å². The molecule has 0 aliphatic heterocycles. The molecule has 2 heterocycles. The van der Waals surface area contributed by atoms with Crippen LogP contribution in [0.2, 0.25) is 0 Å². The van der Waals surface area contributed by atoms with Crippen LogP contribution in [0.3, 0.4) is 0 Å². The number of guanidine groups is 1. The van der Waals surface area contributed by atoms with E-state index >= 15 is 0 Å². The molecule has 0 bridgehead atoms. The summed E-state index contributed by atoms with van der Waals surface area (Å²) in [7, 11) is 0. The molecule has 0 saturated heterocycles. The minimum absolute atomic E-state index is 0.396. The van der Waals surface area contributed by atoms with Gasteiger partial charge in [0.1, 0.15) is 10.6 Å². The molecule has 0 radical (unpaired) electrons. The number of nitrogens with zero attached hydrogens (tertiary/aromatic N) is 2. The van der Waals surface area contributed by atoms with E-state index in [0.717, 1.165) is 23.5 Å². The zero-order valence-corrected chi connectivity index (χ0v) is 15.4. The molecule has 3 N–H and O–H groups in total. The lowest BCUT2D eigenvalue weighted by atomic mass is 9.99. The number of hydrogen-bond acceptors (Lipinski definition) is 5. The molecule has 2 aromatic heterocycles. The van der Waals surface area contributed by atoms with Crippen LogP contribution in [0.5, 0.6) is 0 Å². The molecule has 0 aromatic carbocycles. The lowest BCUT2D eigenvalue weighted by Gasteiger charge is -2.24. The van der Waals surface area contributed by atoms with Gasteiger partial charge in [-0.3, -0.25) is 0 Å². The summed E-state index contributed by atoms with van der Waals surface area (Å²) in [6.07, 6.45) is 2.92. The topological polar surface area (TPSA) is 69.5 Å². The van der Waals surface area contributed by atoms with Gasteiger partial charge in [0.05, 0.1) is 13.1 Å². The normalized spacial score (nSPS) is 14.5. The van der Waals surface area contributed by atoms with Crippen molar-refractivity contribution in [3.05, 3.63) is 38.5 Å². The second-order valence-electron chi connectivity index (χ2n) is 5.41. The quantitative estimate of drug-likeness (QED) is 0.529. The largest absolute Gasteiger partial charge is 0.384 e. The van der Waals surface area contributed by atoms with E-state index in [4.69, 9.17) is 0 Å². The van der Waals surface area contributed by atoms with E-state index in [0.29, 0.717) is 19.0 Å². The first-order valence-electron chi connectivity index (χ1n) is 7.76. The number of aliphatic imine (C=N–C) groups is 1. The lowest BCUT2D eigenvalue weighted by Crippen LogP contribution is -2.44. The first-order valence-corrected chi connectivity index (χ1v) is 9.52. The highest BCUT2D eigenvalue weighted by molar-refractivity contribution is 7.11. The molecular formula is C16H24N4OS2. The highest BCUT2D eigenvalue weighted by atomic mass is 32.1. The summed E-state index contributed by atoms with van der Waals surface area (Å²) in [4.78, 5) is 10.2. The third-order valence-corrected chi connectivity index (χ3v) is 5.22. The van der Waals surface area contributed by atoms with Crippen molar-refractivity contribution in [2.45, 2.75) is 39.3 Å². The summed E-state index contributed by atoms with van der Waals surface area (Å²) in [6.45, 7) is 7.66. The molecular weight excluding hydrogens is 328 g/mol. The molecule has 0 fully saturated rings. The van der Waals surface area contributed by atoms with E-state index in [-0.39, 0.29) is 0 Å². The van der Waals surface area contributed by atoms with Gasteiger partial charge in [0.25, 0.3) is 0 Å². The second kappa shape index (κ2) is 8.42. The fourth-order valence-corrected chi connectivity index (χ4v) is 3.57. The molecule has 0 amide bonds. The van der Waals surface area contributed by atoms with E-state index in [2.05, 4.69) is 27.5 Å². The van der Waals surface area contributed by atoms with Crippen LogP contribution in [0.4, 0.5) is 0 Å². The van der Waals surface area contributed by atoms with Crippen LogP contribution in [-0.4, -0.2) is 29.1 Å². The first-order chi connectivity index (χ1) is 11.0. The average Bonchev–Trinajstić information content (AvgIpc) is 3.21. The van der Waals surface area contributed by atoms with E-state index < -0.39 is 5.60 Å². The molecule has 0 aliphatic carbocycles. The molecule has 5 nitrogen and oxygen atoms in total. The van der Waals surface area contributed by atoms with Crippen LogP contribution in [-0.2, 0) is 18.6 Å². The smallest absolute Gasteiger partial charge is 0.191 e. The molecule has 2 rings (SSSR count). The lowest BCUT2D eigenvalue weighted by molar-refractivity contribution is 0.0621. The van der Waals surface area contributed by atoms with Gasteiger partial charge in [0.2, 0.25) is 0 Å². The van der Waals surface area contributed by atoms with Crippen LogP contribution >= 0.6 is 22.7 Å². The molecule has 23 heavy (non-hydrogen) atoms. The van der Waals surface area contributed by atoms with Gasteiger partial charge in [0.15, 0.2) is 5.96 Å². The summed E-state index contributed by atoms with van der Waals surface area (Å²) in [5.41, 5.74) is -0.00871. The minimum Gasteiger partial charge on any atom is -0.384 e. The van der Waals surface area contributed by atoms with Gasteiger partial charge in [-0.25, -0.2) is 9.98 Å². The van der Waals surface area contributed by atoms with Crippen molar-refractivity contribution in [3.8, 4) is 0 Å². The molecule has 7 heteroatoms. The summed E-state index contributed by atoms with van der Waals surface area (Å²) < 4.78 is 0. The number of aromatic nitrogens is 1. The second-order valence-corrected chi connectivity index (χ2v) is 7.39. The van der Waals surface area contributed by atoms with Crippen molar-refractivity contribution >= 4 is 28.6 Å². The van der Waals surface area contributed by atoms with Crippen LogP contribution in [0.1, 0.15) is 36.2 Å². The zero-order valence-electron chi connectivity index (χ0n) is 13.8. The fourth-order valence-electron chi connectivity index (χ4n) is 2.00. The number of rotatable bonds is 7. The predicted octanol–water partition coefficient (Wildman–Crippen LogP) is 2.73. The third kappa shape index (κ3) is 5.30. The number of aliphatic hydroxyl groups is 1. The third-order valence-electron chi connectivity index (χ3n) is 3.41. The predicted molar refractivity (Wildman–Crippen MR) is 98.2 cm³/mol. The first kappa shape index (κ1) is 17.9. The Labute approximate surface area is 145 Å². The van der Waals surface area contributed by atoms with Crippen molar-refractivity contribution in [2.24, 2.45) is 4.99 Å². The van der Waals surface area contributed by atoms with E-state index in [1.165, 1.54) is 4.88 Å². The highest BCUT2D eigenvalue weighted by Gasteiger charge is 2.23. The molecule has 1 unspecified atom stereocenters. The van der Waals surface area contributed by atoms with Gasteiger partial charge in [-0.2, -0.15) is 11.3 Å². The molecule has 126 valence electrons. The number of thiophene rings is 1. The summed E-state index contributed by atoms with van der Waals surface area (Å²) >= 11 is 3.28. The van der Waals surface area contributed by atoms with Crippen LogP contribution in [0, 0.1) is 0 Å². The fraction of sp³-hybridized carbons (Fsp3) is 0.500. The number of aryl methyl sites for hydroxylation is 1. The van der Waals surface area contributed by atoms with Crippen molar-refractivity contribution in [1.82, 2.24) is 15.6 Å². The molecule has 0 spiro atoms. The Morgan fingerprint density at radius 2 is 2.22 bits per heavy atom. The monoisotopic (exact) mass is 352 g/mol. The maximum Gasteiger partial charge on any atom is 0.191 e. The van der Waals surface area contributed by atoms with E-state index in [9.17, 15) is 5.11 Å². The van der Waals surface area contributed by atoms with Gasteiger partial charge in [-0.05, 0) is 42.7 Å². The Kier molecular flexibility index (Phi) is 6.56. The maximum atomic E-state index is 10.6. The average molecular weight is 353 g/mol. The standard InChI is InChI=1S/C16H24N4OS2/c1-4-13-8-18-14(23-13)9-19-15(17-5-2)20-11-16(3,21)12-6-7-22-10-12/h6-8,10,21H,4-5,9,11H2,1-3H3,(H2,17,19,20). The van der Waals surface area contributed by atoms with Gasteiger partial charge < -0.3 is 15.7 Å². The number of hydrogen-bond donors (Lipinski definition) is 3. The van der Waals surface area contributed by atoms with Gasteiger partial charge in [-0.15, -0.1) is 11.3 Å². The molecule has 0 aliphatic rings. The SMILES string of the molecule is CCNC(=NCc1ncc(CC)s1)NCC(C)(O)c1ccsc1. The molecule has 0 saturated carbocycles. The van der Waals surface area contributed by atoms with Crippen molar-refractivity contribution in [2.75, 3.05) is 13.1 Å². The Hall–Kier alpha value is -1.44. The summed E-state index contributed by atoms with van der Waals surface area (Å²) in [5, 5.41) is 21.9. The van der Waals surface area contributed by atoms with Crippen LogP contribution in [0.25, 0.3) is 0 Å². The maximum absolute atomic E-state index is 10.6. The van der Waals surface area contributed by atoms with Gasteiger partial charge in [0, 0.05) is 17.6 Å². The Bertz CT molecular complexity index is 620. The summed E-state index contributed by atoms with van der Waals surface area (Å²) in [6, 6.07) is 1.94. The van der Waals surface area contributed by atoms with Gasteiger partial charge >= 0.3 is 0 Å². The Morgan fingerprint density at radius 1 is 1.39 bits per heavy atom. The van der Waals surface area contributed by atoms with Crippen molar-refractivity contribution in [1.29, 1.82) is 0 Å². The van der Waals surface area contributed by atoms with Crippen molar-refractivity contribution in [3.63, 3.8) is 0 Å². The number of thiazole rings is 1. The Morgan fingerprint density at radius 3 is 2.83 bits per heavy atom. The van der Waals surface area contributed by atoms with Gasteiger partial charge in [-0.1, -0.05) is 6.92 Å². The van der Waals surface area contributed by atoms with E-state index in [1.54, 1.807) is 29.6 Å². The number of nitrogens with one attached hydrogen (secondary N) is 2. The Balaban J connectivity index is 1.96. The van der Waals surface area contributed by atoms with Crippen molar-refractivity contribution < 1.29 is 5.11 Å². The minimum atomic E-state index is -0.924. The van der Waals surface area contributed by atoms with Crippen LogP contribution in [0.15, 0.2) is 28.0 Å². The highest BCUT2D eigenvalue weighted by Crippen LogP contribution is 2.22. The van der Waals surface area contributed by atoms with Crippen LogP contribution < -0.4 is 10.6 Å². The molecule has 1 atom stereocenters. The zero-order chi connectivity index (χ0) is 16.7. The summed E-state index contributed by atoms with van der Waals surface area (Å²) in [5.74, 6) is 0.691. The molecule has 2 aromatic rings.